The number of nitrogens with one attached hydrogen (secondary N) is 1. The van der Waals surface area contributed by atoms with Crippen molar-refractivity contribution in [2.24, 2.45) is 0 Å². The Hall–Kier alpha value is -1.01. The maximum absolute atomic E-state index is 9.75. The van der Waals surface area contributed by atoms with Crippen LogP contribution in [0.15, 0.2) is 12.4 Å². The zero-order valence-electron chi connectivity index (χ0n) is 10.6. The molecule has 1 heterocycles. The van der Waals surface area contributed by atoms with Crippen LogP contribution >= 0.6 is 0 Å². The van der Waals surface area contributed by atoms with E-state index in [2.05, 4.69) is 16.9 Å². The highest BCUT2D eigenvalue weighted by Crippen LogP contribution is 2.07. The summed E-state index contributed by atoms with van der Waals surface area (Å²) in [5.74, 6) is 1.13. The van der Waals surface area contributed by atoms with Gasteiger partial charge in [0.2, 0.25) is 0 Å². The van der Waals surface area contributed by atoms with Crippen molar-refractivity contribution < 1.29 is 17.3 Å². The van der Waals surface area contributed by atoms with Crippen molar-refractivity contribution in [3.8, 4) is 0 Å². The highest BCUT2D eigenvalue weighted by atomic mass is 19.5. The SMILES string of the molecule is CCCCCCCCc1ncc[nH]1.F[B-](F)(F)F. The molecule has 7 heteroatoms. The molecule has 0 aliphatic carbocycles. The number of aromatic nitrogens is 2. The Kier molecular flexibility index (Phi) is 9.41. The van der Waals surface area contributed by atoms with Gasteiger partial charge in [-0.15, -0.1) is 0 Å². The maximum atomic E-state index is 9.75. The smallest absolute Gasteiger partial charge is 0.418 e. The lowest BCUT2D eigenvalue weighted by Gasteiger charge is -1.98. The molecule has 0 aliphatic heterocycles. The summed E-state index contributed by atoms with van der Waals surface area (Å²) in [6.07, 6.45) is 13.0. The summed E-state index contributed by atoms with van der Waals surface area (Å²) in [5, 5.41) is 0. The van der Waals surface area contributed by atoms with Gasteiger partial charge in [-0.1, -0.05) is 39.0 Å². The molecule has 0 saturated heterocycles. The molecule has 1 rings (SSSR count). The Balaban J connectivity index is 0.000000494. The first-order valence-corrected chi connectivity index (χ1v) is 6.29. The molecule has 0 bridgehead atoms. The van der Waals surface area contributed by atoms with Crippen LogP contribution in [0.5, 0.6) is 0 Å². The lowest BCUT2D eigenvalue weighted by Crippen LogP contribution is -2.02. The molecule has 0 amide bonds. The minimum Gasteiger partial charge on any atom is -0.418 e. The zero-order chi connectivity index (χ0) is 13.9. The van der Waals surface area contributed by atoms with E-state index in [-0.39, 0.29) is 0 Å². The number of halogens is 4. The lowest BCUT2D eigenvalue weighted by atomic mass is 10.1. The molecule has 0 unspecified atom stereocenters. The number of imidazole rings is 1. The molecule has 106 valence electrons. The Morgan fingerprint density at radius 2 is 1.61 bits per heavy atom. The van der Waals surface area contributed by atoms with Gasteiger partial charge in [-0.05, 0) is 6.42 Å². The predicted octanol–water partition coefficient (Wildman–Crippen LogP) is 4.61. The Morgan fingerprint density at radius 1 is 1.06 bits per heavy atom. The normalized spacial score (nSPS) is 10.9. The molecular formula is C11H20BF4N2-. The lowest BCUT2D eigenvalue weighted by molar-refractivity contribution is 0.368. The summed E-state index contributed by atoms with van der Waals surface area (Å²) < 4.78 is 39.0. The van der Waals surface area contributed by atoms with Gasteiger partial charge < -0.3 is 22.2 Å². The molecule has 0 spiro atoms. The molecule has 0 atom stereocenters. The first kappa shape index (κ1) is 17.0. The third-order valence-corrected chi connectivity index (χ3v) is 2.32. The van der Waals surface area contributed by atoms with Crippen LogP contribution in [0.2, 0.25) is 0 Å². The van der Waals surface area contributed by atoms with Crippen molar-refractivity contribution in [1.82, 2.24) is 9.97 Å². The number of H-pyrrole nitrogens is 1. The van der Waals surface area contributed by atoms with E-state index in [1.165, 1.54) is 38.5 Å². The Labute approximate surface area is 105 Å². The van der Waals surface area contributed by atoms with Gasteiger partial charge in [0, 0.05) is 18.8 Å². The fourth-order valence-electron chi connectivity index (χ4n) is 1.51. The van der Waals surface area contributed by atoms with Gasteiger partial charge in [0.25, 0.3) is 0 Å². The number of hydrogen-bond acceptors (Lipinski definition) is 1. The van der Waals surface area contributed by atoms with Crippen LogP contribution in [0.25, 0.3) is 0 Å². The van der Waals surface area contributed by atoms with Crippen LogP contribution in [-0.2, 0) is 6.42 Å². The average Bonchev–Trinajstić information content (AvgIpc) is 2.73. The maximum Gasteiger partial charge on any atom is 0.673 e. The molecule has 2 nitrogen and oxygen atoms in total. The largest absolute Gasteiger partial charge is 0.673 e. The third-order valence-electron chi connectivity index (χ3n) is 2.32. The summed E-state index contributed by atoms with van der Waals surface area (Å²) in [6.45, 7) is 2.25. The second kappa shape index (κ2) is 9.97. The van der Waals surface area contributed by atoms with Gasteiger partial charge in [0.15, 0.2) is 0 Å². The van der Waals surface area contributed by atoms with Crippen LogP contribution < -0.4 is 0 Å². The van der Waals surface area contributed by atoms with E-state index in [4.69, 9.17) is 0 Å². The van der Waals surface area contributed by atoms with Crippen LogP contribution in [0.1, 0.15) is 51.3 Å². The van der Waals surface area contributed by atoms with E-state index in [0.717, 1.165) is 12.2 Å². The summed E-state index contributed by atoms with van der Waals surface area (Å²) in [6, 6.07) is 0. The fourth-order valence-corrected chi connectivity index (χ4v) is 1.51. The minimum absolute atomic E-state index is 1.11. The van der Waals surface area contributed by atoms with Gasteiger partial charge in [-0.25, -0.2) is 4.98 Å². The fraction of sp³-hybridized carbons (Fsp3) is 0.727. The number of aryl methyl sites for hydroxylation is 1. The highest BCUT2D eigenvalue weighted by Gasteiger charge is 2.20. The predicted molar refractivity (Wildman–Crippen MR) is 65.9 cm³/mol. The summed E-state index contributed by atoms with van der Waals surface area (Å²) >= 11 is 0. The van der Waals surface area contributed by atoms with Crippen molar-refractivity contribution in [1.29, 1.82) is 0 Å². The van der Waals surface area contributed by atoms with Gasteiger partial charge in [-0.2, -0.15) is 0 Å². The van der Waals surface area contributed by atoms with Gasteiger partial charge >= 0.3 is 7.25 Å². The summed E-state index contributed by atoms with van der Waals surface area (Å²) in [5.41, 5.74) is 0. The Bertz CT molecular complexity index is 269. The highest BCUT2D eigenvalue weighted by molar-refractivity contribution is 6.50. The van der Waals surface area contributed by atoms with E-state index in [9.17, 15) is 17.3 Å². The van der Waals surface area contributed by atoms with Crippen LogP contribution in [-0.4, -0.2) is 17.2 Å². The topological polar surface area (TPSA) is 28.7 Å². The molecule has 1 N–H and O–H groups in total. The van der Waals surface area contributed by atoms with Crippen molar-refractivity contribution in [3.05, 3.63) is 18.2 Å². The number of rotatable bonds is 7. The molecule has 1 aromatic rings. The third kappa shape index (κ3) is 15.0. The number of hydrogen-bond donors (Lipinski definition) is 1. The number of unbranched alkanes of at least 4 members (excludes halogenated alkanes) is 5. The monoisotopic (exact) mass is 267 g/mol. The minimum atomic E-state index is -6.00. The van der Waals surface area contributed by atoms with Crippen LogP contribution in [0.4, 0.5) is 17.3 Å². The van der Waals surface area contributed by atoms with Gasteiger partial charge in [0.1, 0.15) is 5.82 Å². The molecule has 1 aromatic heterocycles. The van der Waals surface area contributed by atoms with Gasteiger partial charge in [-0.3, -0.25) is 0 Å². The molecule has 18 heavy (non-hydrogen) atoms. The van der Waals surface area contributed by atoms with Crippen LogP contribution in [0.3, 0.4) is 0 Å². The average molecular weight is 267 g/mol. The van der Waals surface area contributed by atoms with E-state index in [0.29, 0.717) is 0 Å². The molecule has 0 aliphatic rings. The van der Waals surface area contributed by atoms with E-state index < -0.39 is 7.25 Å². The van der Waals surface area contributed by atoms with Crippen LogP contribution in [0, 0.1) is 0 Å². The standard InChI is InChI=1S/C11H20N2.BF4/c1-2-3-4-5-6-7-8-11-12-9-10-13-11;2-1(3,4)5/h9-10H,2-8H2,1H3,(H,12,13);/q;-1. The molecule has 0 saturated carbocycles. The molecule has 0 radical (unpaired) electrons. The zero-order valence-corrected chi connectivity index (χ0v) is 10.6. The quantitative estimate of drug-likeness (QED) is 0.436. The van der Waals surface area contributed by atoms with Gasteiger partial charge in [0.05, 0.1) is 0 Å². The summed E-state index contributed by atoms with van der Waals surface area (Å²) in [4.78, 5) is 7.32. The number of aromatic amines is 1. The Morgan fingerprint density at radius 3 is 2.11 bits per heavy atom. The molecule has 0 fully saturated rings. The summed E-state index contributed by atoms with van der Waals surface area (Å²) in [7, 11) is -6.00. The second-order valence-electron chi connectivity index (χ2n) is 4.05. The van der Waals surface area contributed by atoms with Crippen molar-refractivity contribution in [2.75, 3.05) is 0 Å². The van der Waals surface area contributed by atoms with Crippen molar-refractivity contribution in [3.63, 3.8) is 0 Å². The number of nitrogens with zero attached hydrogens (tertiary/aromatic N) is 1. The van der Waals surface area contributed by atoms with E-state index in [1.54, 1.807) is 0 Å². The van der Waals surface area contributed by atoms with E-state index >= 15 is 0 Å². The second-order valence-corrected chi connectivity index (χ2v) is 4.05. The first-order chi connectivity index (χ1) is 8.43. The van der Waals surface area contributed by atoms with E-state index in [1.807, 2.05) is 12.4 Å². The molecule has 0 aromatic carbocycles. The first-order valence-electron chi connectivity index (χ1n) is 6.29. The van der Waals surface area contributed by atoms with Crippen molar-refractivity contribution in [2.45, 2.75) is 51.9 Å². The van der Waals surface area contributed by atoms with Crippen molar-refractivity contribution >= 4 is 7.25 Å². The molecular weight excluding hydrogens is 247 g/mol.